The number of esters is 1. The lowest BCUT2D eigenvalue weighted by atomic mass is 9.84. The maximum Gasteiger partial charge on any atom is 0.332 e. The topological polar surface area (TPSA) is 55.4 Å². The van der Waals surface area contributed by atoms with Crippen LogP contribution in [0, 0.1) is 0 Å². The van der Waals surface area contributed by atoms with Crippen LogP contribution in [0.15, 0.2) is 48.5 Å². The SMILES string of the molecule is CCOC(=O)C1(NC=O)Cc2ccc(cc2)/C=C\c2ccc(cc2)C1. The normalized spacial score (nSPS) is 16.2. The van der Waals surface area contributed by atoms with Crippen LogP contribution in [0.5, 0.6) is 0 Å². The van der Waals surface area contributed by atoms with Gasteiger partial charge in [0.2, 0.25) is 6.41 Å². The Morgan fingerprint density at radius 3 is 1.88 bits per heavy atom. The molecule has 2 aromatic carbocycles. The summed E-state index contributed by atoms with van der Waals surface area (Å²) < 4.78 is 5.29. The van der Waals surface area contributed by atoms with Crippen molar-refractivity contribution in [1.82, 2.24) is 5.32 Å². The molecule has 4 heteroatoms. The molecule has 1 amide bonds. The van der Waals surface area contributed by atoms with Gasteiger partial charge in [0.15, 0.2) is 0 Å². The third kappa shape index (κ3) is 3.79. The zero-order chi connectivity index (χ0) is 17.7. The van der Waals surface area contributed by atoms with Crippen LogP contribution in [0.3, 0.4) is 0 Å². The number of hydrogen-bond acceptors (Lipinski definition) is 3. The highest BCUT2D eigenvalue weighted by atomic mass is 16.5. The Morgan fingerprint density at radius 2 is 1.48 bits per heavy atom. The average molecular weight is 335 g/mol. The number of ether oxygens (including phenoxy) is 1. The van der Waals surface area contributed by atoms with E-state index in [9.17, 15) is 9.59 Å². The van der Waals surface area contributed by atoms with Crippen LogP contribution in [0.4, 0.5) is 0 Å². The monoisotopic (exact) mass is 335 g/mol. The number of benzene rings is 2. The molecule has 1 N–H and O–H groups in total. The zero-order valence-electron chi connectivity index (χ0n) is 14.2. The quantitative estimate of drug-likeness (QED) is 0.690. The molecule has 0 fully saturated rings. The Kier molecular flexibility index (Phi) is 4.98. The summed E-state index contributed by atoms with van der Waals surface area (Å²) in [6.07, 6.45) is 5.43. The molecular formula is C21H21NO3. The smallest absolute Gasteiger partial charge is 0.332 e. The van der Waals surface area contributed by atoms with Gasteiger partial charge in [-0.1, -0.05) is 60.7 Å². The minimum Gasteiger partial charge on any atom is -0.464 e. The fraction of sp³-hybridized carbons (Fsp3) is 0.238. The van der Waals surface area contributed by atoms with Gasteiger partial charge in [-0.2, -0.15) is 0 Å². The third-order valence-electron chi connectivity index (χ3n) is 4.44. The van der Waals surface area contributed by atoms with Crippen LogP contribution in [-0.4, -0.2) is 24.5 Å². The first-order valence-electron chi connectivity index (χ1n) is 8.40. The first-order valence-corrected chi connectivity index (χ1v) is 8.40. The van der Waals surface area contributed by atoms with E-state index in [1.165, 1.54) is 0 Å². The van der Waals surface area contributed by atoms with Crippen molar-refractivity contribution < 1.29 is 14.3 Å². The molecule has 6 rings (SSSR count). The predicted octanol–water partition coefficient (Wildman–Crippen LogP) is 3.00. The van der Waals surface area contributed by atoms with Gasteiger partial charge in [0.25, 0.3) is 0 Å². The fourth-order valence-electron chi connectivity index (χ4n) is 3.13. The second-order valence-corrected chi connectivity index (χ2v) is 6.23. The molecule has 0 heterocycles. The molecule has 0 aromatic heterocycles. The summed E-state index contributed by atoms with van der Waals surface area (Å²) in [5.74, 6) is -0.414. The summed E-state index contributed by atoms with van der Waals surface area (Å²) in [5.41, 5.74) is 2.97. The van der Waals surface area contributed by atoms with Gasteiger partial charge in [-0.05, 0) is 29.2 Å². The van der Waals surface area contributed by atoms with Crippen molar-refractivity contribution in [3.05, 3.63) is 70.8 Å². The molecule has 25 heavy (non-hydrogen) atoms. The minimum atomic E-state index is -1.12. The standard InChI is InChI=1S/C21H21NO3/c1-2-25-20(24)21(22-15-23)13-18-9-5-16(6-10-18)3-4-17-7-11-19(14-21)12-8-17/h3-12,15H,2,13-14H2,1H3,(H,22,23)/b4-3-. The Morgan fingerprint density at radius 1 is 1.00 bits per heavy atom. The first-order chi connectivity index (χ1) is 12.1. The van der Waals surface area contributed by atoms with Crippen molar-refractivity contribution in [2.24, 2.45) is 0 Å². The van der Waals surface area contributed by atoms with Crippen LogP contribution >= 0.6 is 0 Å². The molecule has 0 saturated carbocycles. The van der Waals surface area contributed by atoms with E-state index in [4.69, 9.17) is 4.74 Å². The average Bonchev–Trinajstić information content (AvgIpc) is 2.65. The highest BCUT2D eigenvalue weighted by Crippen LogP contribution is 2.23. The summed E-state index contributed by atoms with van der Waals surface area (Å²) in [4.78, 5) is 24.1. The van der Waals surface area contributed by atoms with E-state index in [-0.39, 0.29) is 6.61 Å². The fourth-order valence-corrected chi connectivity index (χ4v) is 3.13. The largest absolute Gasteiger partial charge is 0.464 e. The van der Waals surface area contributed by atoms with Gasteiger partial charge < -0.3 is 10.1 Å². The molecular weight excluding hydrogens is 314 g/mol. The molecule has 0 saturated heterocycles. The van der Waals surface area contributed by atoms with Gasteiger partial charge in [0.1, 0.15) is 5.54 Å². The van der Waals surface area contributed by atoms with Crippen LogP contribution in [0.1, 0.15) is 29.2 Å². The maximum atomic E-state index is 12.8. The van der Waals surface area contributed by atoms with Crippen molar-refractivity contribution in [1.29, 1.82) is 0 Å². The van der Waals surface area contributed by atoms with E-state index in [0.717, 1.165) is 22.3 Å². The zero-order valence-corrected chi connectivity index (χ0v) is 14.2. The third-order valence-corrected chi connectivity index (χ3v) is 4.44. The Labute approximate surface area is 147 Å². The number of amides is 1. The number of rotatable bonds is 4. The summed E-state index contributed by atoms with van der Waals surface area (Å²) >= 11 is 0. The van der Waals surface area contributed by atoms with Crippen molar-refractivity contribution >= 4 is 24.5 Å². The van der Waals surface area contributed by atoms with E-state index in [0.29, 0.717) is 19.3 Å². The van der Waals surface area contributed by atoms with E-state index >= 15 is 0 Å². The van der Waals surface area contributed by atoms with E-state index < -0.39 is 11.5 Å². The van der Waals surface area contributed by atoms with Crippen LogP contribution in [0.2, 0.25) is 0 Å². The highest BCUT2D eigenvalue weighted by molar-refractivity contribution is 5.84. The van der Waals surface area contributed by atoms with E-state index in [2.05, 4.69) is 17.5 Å². The summed E-state index contributed by atoms with van der Waals surface area (Å²) in [6.45, 7) is 2.03. The molecule has 4 nitrogen and oxygen atoms in total. The molecule has 2 aromatic rings. The van der Waals surface area contributed by atoms with Crippen molar-refractivity contribution in [3.63, 3.8) is 0 Å². The van der Waals surface area contributed by atoms with Crippen LogP contribution in [0.25, 0.3) is 12.2 Å². The maximum absolute atomic E-state index is 12.8. The van der Waals surface area contributed by atoms with Gasteiger partial charge in [0, 0.05) is 12.8 Å². The van der Waals surface area contributed by atoms with Gasteiger partial charge in [-0.25, -0.2) is 4.79 Å². The van der Waals surface area contributed by atoms with Gasteiger partial charge >= 0.3 is 5.97 Å². The van der Waals surface area contributed by atoms with E-state index in [1.807, 2.05) is 48.5 Å². The number of nitrogens with one attached hydrogen (secondary N) is 1. The second kappa shape index (κ2) is 7.34. The molecule has 4 aliphatic carbocycles. The first kappa shape index (κ1) is 17.0. The summed E-state index contributed by atoms with van der Waals surface area (Å²) in [7, 11) is 0. The van der Waals surface area contributed by atoms with Crippen LogP contribution < -0.4 is 5.32 Å². The number of carbonyl (C=O) groups is 2. The molecule has 0 unspecified atom stereocenters. The summed E-state index contributed by atoms with van der Waals surface area (Å²) in [6, 6.07) is 16.0. The Hall–Kier alpha value is -2.88. The lowest BCUT2D eigenvalue weighted by molar-refractivity contribution is -0.152. The molecule has 4 bridgehead atoms. The Bertz CT molecular complexity index is 724. The summed E-state index contributed by atoms with van der Waals surface area (Å²) in [5, 5.41) is 2.75. The molecule has 0 radical (unpaired) electrons. The van der Waals surface area contributed by atoms with E-state index in [1.54, 1.807) is 6.92 Å². The van der Waals surface area contributed by atoms with Crippen molar-refractivity contribution in [2.45, 2.75) is 25.3 Å². The Balaban J connectivity index is 2.11. The van der Waals surface area contributed by atoms with Crippen molar-refractivity contribution in [3.8, 4) is 0 Å². The molecule has 0 aliphatic heterocycles. The number of carbonyl (C=O) groups excluding carboxylic acids is 2. The number of hydrogen-bond donors (Lipinski definition) is 1. The molecule has 4 aliphatic rings. The lowest BCUT2D eigenvalue weighted by Crippen LogP contribution is -2.56. The second-order valence-electron chi connectivity index (χ2n) is 6.23. The van der Waals surface area contributed by atoms with Gasteiger partial charge in [-0.15, -0.1) is 0 Å². The molecule has 0 atom stereocenters. The van der Waals surface area contributed by atoms with Gasteiger partial charge in [0.05, 0.1) is 6.61 Å². The minimum absolute atomic E-state index is 0.267. The van der Waals surface area contributed by atoms with Gasteiger partial charge in [-0.3, -0.25) is 4.79 Å². The predicted molar refractivity (Wildman–Crippen MR) is 97.8 cm³/mol. The molecule has 0 spiro atoms. The lowest BCUT2D eigenvalue weighted by Gasteiger charge is -2.31. The van der Waals surface area contributed by atoms with Crippen LogP contribution in [-0.2, 0) is 27.2 Å². The highest BCUT2D eigenvalue weighted by Gasteiger charge is 2.40. The molecule has 128 valence electrons. The van der Waals surface area contributed by atoms with Crippen molar-refractivity contribution in [2.75, 3.05) is 6.61 Å².